The van der Waals surface area contributed by atoms with E-state index in [-0.39, 0.29) is 17.6 Å². The lowest BCUT2D eigenvalue weighted by atomic mass is 9.96. The van der Waals surface area contributed by atoms with E-state index in [0.717, 1.165) is 37.6 Å². The van der Waals surface area contributed by atoms with Crippen molar-refractivity contribution < 1.29 is 19.3 Å². The standard InChI is InChI=1S/C24H28N4O3/c1-17(29)18-8-10-19(11-9-18)27-14-12-26(13-15-27)16-22(30)28-21-7-5-4-6-20(21)25-23(31)24(28,2)3/h4-11H,12-16H2,1-3H3,(H,25,31)/p+1. The number of ketones is 1. The fourth-order valence-electron chi connectivity index (χ4n) is 4.36. The summed E-state index contributed by atoms with van der Waals surface area (Å²) in [4.78, 5) is 42.6. The number of Topliss-reactive ketones (excluding diaryl/α,β-unsaturated/α-hetero) is 1. The normalized spacial score (nSPS) is 18.4. The summed E-state index contributed by atoms with van der Waals surface area (Å²) < 4.78 is 0. The molecule has 0 bridgehead atoms. The average Bonchev–Trinajstić information content (AvgIpc) is 2.75. The summed E-state index contributed by atoms with van der Waals surface area (Å²) in [6.45, 7) is 8.83. The van der Waals surface area contributed by atoms with E-state index in [1.54, 1.807) is 25.7 Å². The van der Waals surface area contributed by atoms with Crippen molar-refractivity contribution in [2.24, 2.45) is 0 Å². The van der Waals surface area contributed by atoms with E-state index in [1.165, 1.54) is 4.90 Å². The molecule has 2 aromatic rings. The number of para-hydroxylation sites is 2. The molecule has 0 atom stereocenters. The molecule has 2 aliphatic rings. The number of fused-ring (bicyclic) bond motifs is 1. The van der Waals surface area contributed by atoms with Gasteiger partial charge in [0.15, 0.2) is 12.3 Å². The highest BCUT2D eigenvalue weighted by molar-refractivity contribution is 6.14. The third-order valence-electron chi connectivity index (χ3n) is 6.27. The minimum absolute atomic E-state index is 0.0402. The third-order valence-corrected chi connectivity index (χ3v) is 6.27. The molecule has 7 heteroatoms. The Kier molecular flexibility index (Phi) is 5.54. The summed E-state index contributed by atoms with van der Waals surface area (Å²) in [5, 5.41) is 2.91. The van der Waals surface area contributed by atoms with E-state index >= 15 is 0 Å². The average molecular weight is 422 g/mol. The van der Waals surface area contributed by atoms with Gasteiger partial charge in [0.05, 0.1) is 37.6 Å². The van der Waals surface area contributed by atoms with Crippen molar-refractivity contribution in [2.45, 2.75) is 26.3 Å². The second kappa shape index (κ2) is 8.15. The lowest BCUT2D eigenvalue weighted by Gasteiger charge is -2.42. The first-order valence-electron chi connectivity index (χ1n) is 10.7. The quantitative estimate of drug-likeness (QED) is 0.731. The molecular weight excluding hydrogens is 392 g/mol. The predicted octanol–water partition coefficient (Wildman–Crippen LogP) is 1.36. The van der Waals surface area contributed by atoms with Crippen LogP contribution in [-0.4, -0.2) is 55.9 Å². The minimum Gasteiger partial charge on any atom is -0.360 e. The lowest BCUT2D eigenvalue weighted by Crippen LogP contribution is -3.16. The number of rotatable bonds is 4. The zero-order valence-electron chi connectivity index (χ0n) is 18.3. The highest BCUT2D eigenvalue weighted by Crippen LogP contribution is 2.36. The predicted molar refractivity (Wildman–Crippen MR) is 121 cm³/mol. The number of anilines is 3. The molecule has 2 N–H and O–H groups in total. The van der Waals surface area contributed by atoms with Gasteiger partial charge in [0.25, 0.3) is 5.91 Å². The maximum atomic E-state index is 13.3. The largest absolute Gasteiger partial charge is 0.360 e. The van der Waals surface area contributed by atoms with Gasteiger partial charge < -0.3 is 15.1 Å². The molecule has 0 saturated carbocycles. The van der Waals surface area contributed by atoms with Crippen LogP contribution in [0.3, 0.4) is 0 Å². The maximum absolute atomic E-state index is 13.3. The van der Waals surface area contributed by atoms with Crippen LogP contribution >= 0.6 is 0 Å². The molecule has 0 spiro atoms. The highest BCUT2D eigenvalue weighted by atomic mass is 16.2. The first kappa shape index (κ1) is 21.1. The third kappa shape index (κ3) is 4.05. The maximum Gasteiger partial charge on any atom is 0.283 e. The van der Waals surface area contributed by atoms with Gasteiger partial charge in [-0.2, -0.15) is 0 Å². The van der Waals surface area contributed by atoms with Crippen LogP contribution < -0.4 is 20.0 Å². The zero-order chi connectivity index (χ0) is 22.2. The molecular formula is C24H29N4O3+. The molecule has 2 aromatic carbocycles. The molecule has 2 heterocycles. The topological polar surface area (TPSA) is 74.2 Å². The van der Waals surface area contributed by atoms with Crippen molar-refractivity contribution in [3.8, 4) is 0 Å². The smallest absolute Gasteiger partial charge is 0.283 e. The molecule has 162 valence electrons. The Morgan fingerprint density at radius 2 is 1.68 bits per heavy atom. The summed E-state index contributed by atoms with van der Waals surface area (Å²) in [6, 6.07) is 15.1. The van der Waals surface area contributed by atoms with Gasteiger partial charge in [0, 0.05) is 11.3 Å². The van der Waals surface area contributed by atoms with Crippen LogP contribution in [0.5, 0.6) is 0 Å². The molecule has 31 heavy (non-hydrogen) atoms. The van der Waals surface area contributed by atoms with E-state index in [1.807, 2.05) is 48.5 Å². The van der Waals surface area contributed by atoms with Crippen LogP contribution in [0.1, 0.15) is 31.1 Å². The molecule has 0 radical (unpaired) electrons. The Hall–Kier alpha value is -3.19. The molecule has 7 nitrogen and oxygen atoms in total. The van der Waals surface area contributed by atoms with Crippen LogP contribution in [0, 0.1) is 0 Å². The van der Waals surface area contributed by atoms with Crippen molar-refractivity contribution >= 4 is 34.7 Å². The van der Waals surface area contributed by atoms with Crippen LogP contribution in [-0.2, 0) is 9.59 Å². The van der Waals surface area contributed by atoms with Gasteiger partial charge in [-0.25, -0.2) is 0 Å². The fourth-order valence-corrected chi connectivity index (χ4v) is 4.36. The van der Waals surface area contributed by atoms with Crippen molar-refractivity contribution in [1.29, 1.82) is 0 Å². The van der Waals surface area contributed by atoms with Crippen molar-refractivity contribution in [2.75, 3.05) is 47.8 Å². The number of carbonyl (C=O) groups is 3. The van der Waals surface area contributed by atoms with Crippen molar-refractivity contribution in [3.05, 3.63) is 54.1 Å². The molecule has 0 unspecified atom stereocenters. The molecule has 0 aromatic heterocycles. The molecule has 2 aliphatic heterocycles. The van der Waals surface area contributed by atoms with Crippen LogP contribution in [0.15, 0.2) is 48.5 Å². The molecule has 0 aliphatic carbocycles. The van der Waals surface area contributed by atoms with E-state index in [2.05, 4.69) is 10.2 Å². The molecule has 2 amide bonds. The fraction of sp³-hybridized carbons (Fsp3) is 0.375. The van der Waals surface area contributed by atoms with Crippen molar-refractivity contribution in [3.63, 3.8) is 0 Å². The number of piperazine rings is 1. The second-order valence-electron chi connectivity index (χ2n) is 8.78. The highest BCUT2D eigenvalue weighted by Gasteiger charge is 2.44. The lowest BCUT2D eigenvalue weighted by molar-refractivity contribution is -0.892. The summed E-state index contributed by atoms with van der Waals surface area (Å²) in [6.07, 6.45) is 0. The summed E-state index contributed by atoms with van der Waals surface area (Å²) in [5.41, 5.74) is 2.30. The van der Waals surface area contributed by atoms with Gasteiger partial charge in [-0.05, 0) is 57.2 Å². The van der Waals surface area contributed by atoms with Gasteiger partial charge in [0.1, 0.15) is 5.54 Å². The summed E-state index contributed by atoms with van der Waals surface area (Å²) >= 11 is 0. The molecule has 1 fully saturated rings. The molecule has 4 rings (SSSR count). The van der Waals surface area contributed by atoms with E-state index in [4.69, 9.17) is 0 Å². The zero-order valence-corrected chi connectivity index (χ0v) is 18.3. The minimum atomic E-state index is -0.939. The van der Waals surface area contributed by atoms with Crippen LogP contribution in [0.2, 0.25) is 0 Å². The summed E-state index contributed by atoms with van der Waals surface area (Å²) in [5.74, 6) is -0.148. The number of hydrogen-bond acceptors (Lipinski definition) is 4. The van der Waals surface area contributed by atoms with Gasteiger partial charge in [0.2, 0.25) is 5.91 Å². The number of nitrogens with one attached hydrogen (secondary N) is 2. The van der Waals surface area contributed by atoms with Crippen LogP contribution in [0.4, 0.5) is 17.1 Å². The Morgan fingerprint density at radius 1 is 1.03 bits per heavy atom. The van der Waals surface area contributed by atoms with E-state index in [0.29, 0.717) is 17.8 Å². The number of carbonyl (C=O) groups excluding carboxylic acids is 3. The Bertz CT molecular complexity index is 1010. The first-order valence-corrected chi connectivity index (χ1v) is 10.7. The number of hydrogen-bond donors (Lipinski definition) is 2. The Balaban J connectivity index is 1.42. The number of benzene rings is 2. The van der Waals surface area contributed by atoms with Gasteiger partial charge in [-0.3, -0.25) is 19.3 Å². The first-order chi connectivity index (χ1) is 14.8. The number of amides is 2. The van der Waals surface area contributed by atoms with E-state index < -0.39 is 5.54 Å². The monoisotopic (exact) mass is 421 g/mol. The van der Waals surface area contributed by atoms with Gasteiger partial charge in [-0.15, -0.1) is 0 Å². The second-order valence-corrected chi connectivity index (χ2v) is 8.78. The van der Waals surface area contributed by atoms with Crippen LogP contribution in [0.25, 0.3) is 0 Å². The molecule has 1 saturated heterocycles. The van der Waals surface area contributed by atoms with Gasteiger partial charge in [-0.1, -0.05) is 12.1 Å². The number of quaternary nitrogens is 1. The Labute approximate surface area is 182 Å². The van der Waals surface area contributed by atoms with E-state index in [9.17, 15) is 14.4 Å². The summed E-state index contributed by atoms with van der Waals surface area (Å²) in [7, 11) is 0. The van der Waals surface area contributed by atoms with Gasteiger partial charge >= 0.3 is 0 Å². The SMILES string of the molecule is CC(=O)c1ccc(N2CC[NH+](CC(=O)N3c4ccccc4NC(=O)C3(C)C)CC2)cc1. The Morgan fingerprint density at radius 3 is 2.32 bits per heavy atom. The number of nitrogens with zero attached hydrogens (tertiary/aromatic N) is 2. The van der Waals surface area contributed by atoms with Crippen molar-refractivity contribution in [1.82, 2.24) is 0 Å².